The lowest BCUT2D eigenvalue weighted by atomic mass is 10.1. The molecular formula is C8H10N4. The van der Waals surface area contributed by atoms with E-state index < -0.39 is 0 Å². The molecule has 0 aromatic heterocycles. The van der Waals surface area contributed by atoms with Gasteiger partial charge in [0.1, 0.15) is 0 Å². The van der Waals surface area contributed by atoms with Crippen molar-refractivity contribution in [3.05, 3.63) is 35.4 Å². The van der Waals surface area contributed by atoms with E-state index in [1.54, 1.807) is 0 Å². The second kappa shape index (κ2) is 4.33. The van der Waals surface area contributed by atoms with Crippen LogP contribution in [0.1, 0.15) is 11.1 Å². The summed E-state index contributed by atoms with van der Waals surface area (Å²) in [6, 6.07) is 7.61. The van der Waals surface area contributed by atoms with E-state index in [-0.39, 0.29) is 0 Å². The second-order valence-electron chi connectivity index (χ2n) is 2.45. The average Bonchev–Trinajstić information content (AvgIpc) is 2.09. The Labute approximate surface area is 70.6 Å². The maximum absolute atomic E-state index is 6.65. The zero-order chi connectivity index (χ0) is 8.81. The number of nitrogens with one attached hydrogen (secondary N) is 2. The number of nitrogens with zero attached hydrogens (tertiary/aromatic N) is 2. The first-order valence-electron chi connectivity index (χ1n) is 3.61. The van der Waals surface area contributed by atoms with Gasteiger partial charge in [0.25, 0.3) is 0 Å². The molecule has 4 nitrogen and oxygen atoms in total. The highest BCUT2D eigenvalue weighted by Gasteiger charge is 1.92. The third-order valence-corrected chi connectivity index (χ3v) is 1.55. The largest absolute Gasteiger partial charge is 0.210 e. The van der Waals surface area contributed by atoms with Crippen molar-refractivity contribution in [3.8, 4) is 0 Å². The molecule has 0 fully saturated rings. The van der Waals surface area contributed by atoms with Gasteiger partial charge in [0.05, 0.1) is 13.1 Å². The van der Waals surface area contributed by atoms with Crippen LogP contribution >= 0.6 is 0 Å². The Balaban J connectivity index is 2.70. The Kier molecular flexibility index (Phi) is 3.07. The van der Waals surface area contributed by atoms with Crippen LogP contribution in [0.4, 0.5) is 0 Å². The topological polar surface area (TPSA) is 72.4 Å². The van der Waals surface area contributed by atoms with Gasteiger partial charge in [-0.2, -0.15) is 10.2 Å². The second-order valence-corrected chi connectivity index (χ2v) is 2.45. The van der Waals surface area contributed by atoms with Gasteiger partial charge in [-0.25, -0.2) is 11.1 Å². The molecule has 12 heavy (non-hydrogen) atoms. The molecule has 0 atom stereocenters. The smallest absolute Gasteiger partial charge is 0.0846 e. The van der Waals surface area contributed by atoms with E-state index in [1.807, 2.05) is 24.3 Å². The lowest BCUT2D eigenvalue weighted by Crippen LogP contribution is -1.83. The lowest BCUT2D eigenvalue weighted by Gasteiger charge is -1.97. The molecule has 0 radical (unpaired) electrons. The summed E-state index contributed by atoms with van der Waals surface area (Å²) in [5, 5.41) is 6.54. The summed E-state index contributed by atoms with van der Waals surface area (Å²) in [4.78, 5) is 0. The molecule has 0 saturated heterocycles. The Bertz CT molecular complexity index is 236. The first-order valence-corrected chi connectivity index (χ1v) is 3.61. The molecule has 0 amide bonds. The Morgan fingerprint density at radius 3 is 1.42 bits per heavy atom. The van der Waals surface area contributed by atoms with Gasteiger partial charge in [-0.1, -0.05) is 24.3 Å². The van der Waals surface area contributed by atoms with Crippen LogP contribution in [0.5, 0.6) is 0 Å². The first kappa shape index (κ1) is 8.52. The lowest BCUT2D eigenvalue weighted by molar-refractivity contribution is 0.892. The summed E-state index contributed by atoms with van der Waals surface area (Å²) in [6.07, 6.45) is 0. The fraction of sp³-hybridized carbons (Fsp3) is 0.250. The van der Waals surface area contributed by atoms with Crippen LogP contribution < -0.4 is 0 Å². The zero-order valence-corrected chi connectivity index (χ0v) is 6.62. The molecule has 0 unspecified atom stereocenters. The molecule has 4 heteroatoms. The molecule has 0 aliphatic heterocycles. The van der Waals surface area contributed by atoms with Crippen molar-refractivity contribution in [2.45, 2.75) is 13.1 Å². The minimum absolute atomic E-state index is 0.429. The van der Waals surface area contributed by atoms with Gasteiger partial charge in [-0.05, 0) is 11.1 Å². The number of benzene rings is 1. The molecule has 2 N–H and O–H groups in total. The molecule has 1 rings (SSSR count). The van der Waals surface area contributed by atoms with Crippen LogP contribution in [-0.2, 0) is 13.1 Å². The van der Waals surface area contributed by atoms with Gasteiger partial charge < -0.3 is 0 Å². The summed E-state index contributed by atoms with van der Waals surface area (Å²) in [6.45, 7) is 0.858. The van der Waals surface area contributed by atoms with E-state index in [1.165, 1.54) is 0 Å². The van der Waals surface area contributed by atoms with Gasteiger partial charge in [-0.3, -0.25) is 0 Å². The van der Waals surface area contributed by atoms with Crippen molar-refractivity contribution in [1.29, 1.82) is 11.1 Å². The molecule has 1 aromatic rings. The maximum Gasteiger partial charge on any atom is 0.0846 e. The minimum atomic E-state index is 0.429. The summed E-state index contributed by atoms with van der Waals surface area (Å²) in [5.74, 6) is 0. The van der Waals surface area contributed by atoms with Crippen molar-refractivity contribution >= 4 is 0 Å². The van der Waals surface area contributed by atoms with Gasteiger partial charge in [0.2, 0.25) is 0 Å². The third kappa shape index (κ3) is 2.23. The molecule has 0 aliphatic carbocycles. The van der Waals surface area contributed by atoms with Gasteiger partial charge in [0, 0.05) is 0 Å². The van der Waals surface area contributed by atoms with Crippen molar-refractivity contribution in [2.24, 2.45) is 10.2 Å². The summed E-state index contributed by atoms with van der Waals surface area (Å²) in [5.41, 5.74) is 15.3. The standard InChI is InChI=1S/C8H10N4/c9-11-5-7-1-2-8(4-3-7)6-12-10/h1-4,9-10H,5-6H2. The van der Waals surface area contributed by atoms with Gasteiger partial charge in [-0.15, -0.1) is 0 Å². The Morgan fingerprint density at radius 2 is 1.17 bits per heavy atom. The van der Waals surface area contributed by atoms with Crippen LogP contribution in [0.25, 0.3) is 0 Å². The quantitative estimate of drug-likeness (QED) is 0.639. The van der Waals surface area contributed by atoms with Crippen molar-refractivity contribution in [3.63, 3.8) is 0 Å². The van der Waals surface area contributed by atoms with Crippen LogP contribution in [-0.4, -0.2) is 0 Å². The van der Waals surface area contributed by atoms with E-state index in [4.69, 9.17) is 11.1 Å². The monoisotopic (exact) mass is 162 g/mol. The first-order chi connectivity index (χ1) is 5.86. The zero-order valence-electron chi connectivity index (χ0n) is 6.62. The highest BCUT2D eigenvalue weighted by atomic mass is 14.9. The van der Waals surface area contributed by atoms with E-state index >= 15 is 0 Å². The van der Waals surface area contributed by atoms with Gasteiger partial charge >= 0.3 is 0 Å². The summed E-state index contributed by atoms with van der Waals surface area (Å²) >= 11 is 0. The third-order valence-electron chi connectivity index (χ3n) is 1.55. The minimum Gasteiger partial charge on any atom is -0.210 e. The molecule has 0 aliphatic rings. The van der Waals surface area contributed by atoms with E-state index in [0.29, 0.717) is 13.1 Å². The fourth-order valence-electron chi connectivity index (χ4n) is 0.933. The Hall–Kier alpha value is -1.58. The average molecular weight is 162 g/mol. The molecule has 62 valence electrons. The van der Waals surface area contributed by atoms with Crippen LogP contribution in [0.15, 0.2) is 34.5 Å². The number of hydrogen-bond donors (Lipinski definition) is 2. The molecular weight excluding hydrogens is 152 g/mol. The number of hydrogen-bond acceptors (Lipinski definition) is 4. The molecule has 0 heterocycles. The van der Waals surface area contributed by atoms with E-state index in [9.17, 15) is 0 Å². The van der Waals surface area contributed by atoms with Crippen molar-refractivity contribution in [1.82, 2.24) is 0 Å². The van der Waals surface area contributed by atoms with Gasteiger partial charge in [0.15, 0.2) is 0 Å². The molecule has 0 saturated carbocycles. The summed E-state index contributed by atoms with van der Waals surface area (Å²) in [7, 11) is 0. The van der Waals surface area contributed by atoms with E-state index in [2.05, 4.69) is 10.2 Å². The van der Waals surface area contributed by atoms with Crippen LogP contribution in [0.3, 0.4) is 0 Å². The number of rotatable bonds is 4. The highest BCUT2D eigenvalue weighted by molar-refractivity contribution is 5.22. The van der Waals surface area contributed by atoms with Crippen molar-refractivity contribution in [2.75, 3.05) is 0 Å². The molecule has 1 aromatic carbocycles. The molecule has 0 spiro atoms. The normalized spacial score (nSPS) is 9.33. The predicted molar refractivity (Wildman–Crippen MR) is 44.1 cm³/mol. The van der Waals surface area contributed by atoms with Crippen LogP contribution in [0.2, 0.25) is 0 Å². The van der Waals surface area contributed by atoms with E-state index in [0.717, 1.165) is 11.1 Å². The van der Waals surface area contributed by atoms with Crippen LogP contribution in [0, 0.1) is 11.1 Å². The maximum atomic E-state index is 6.65. The predicted octanol–water partition coefficient (Wildman–Crippen LogP) is 2.75. The highest BCUT2D eigenvalue weighted by Crippen LogP contribution is 2.06. The SMILES string of the molecule is N=NCc1ccc(CN=N)cc1. The Morgan fingerprint density at radius 1 is 0.833 bits per heavy atom. The van der Waals surface area contributed by atoms with Crippen molar-refractivity contribution < 1.29 is 0 Å². The summed E-state index contributed by atoms with van der Waals surface area (Å²) < 4.78 is 0. The fourth-order valence-corrected chi connectivity index (χ4v) is 0.933. The molecule has 0 bridgehead atoms.